The van der Waals surface area contributed by atoms with E-state index < -0.39 is 0 Å². The molecule has 1 atom stereocenters. The molecule has 0 saturated carbocycles. The Morgan fingerprint density at radius 2 is 1.61 bits per heavy atom. The highest BCUT2D eigenvalue weighted by Crippen LogP contribution is 2.30. The fraction of sp³-hybridized carbons (Fsp3) is 0.250. The number of halogens is 1. The number of hydrogen-bond donors (Lipinski definition) is 1. The third-order valence-corrected chi connectivity index (χ3v) is 5.22. The minimum Gasteiger partial charge on any atom is -0.496 e. The van der Waals surface area contributed by atoms with Crippen molar-refractivity contribution in [1.82, 2.24) is 5.32 Å². The van der Waals surface area contributed by atoms with Crippen molar-refractivity contribution in [2.24, 2.45) is 0 Å². The first kappa shape index (κ1) is 20.2. The van der Waals surface area contributed by atoms with E-state index in [1.807, 2.05) is 36.4 Å². The van der Waals surface area contributed by atoms with Crippen LogP contribution in [0.15, 0.2) is 66.7 Å². The highest BCUT2D eigenvalue weighted by molar-refractivity contribution is 6.32. The van der Waals surface area contributed by atoms with Gasteiger partial charge in [-0.2, -0.15) is 0 Å². The topological polar surface area (TPSA) is 30.5 Å². The number of hydrogen-bond acceptors (Lipinski definition) is 3. The largest absolute Gasteiger partial charge is 0.496 e. The molecule has 1 unspecified atom stereocenters. The Balaban J connectivity index is 1.60. The standard InChI is InChI=1S/C24H26ClNO2/c1-17(26-15-14-18-8-13-22(25)24(16-18)28-3)19-9-11-20(12-10-19)21-6-4-5-7-23(21)27-2/h4-13,16-17,26H,14-15H2,1-3H3. The van der Waals surface area contributed by atoms with Gasteiger partial charge in [0.2, 0.25) is 0 Å². The van der Waals surface area contributed by atoms with Gasteiger partial charge in [0.15, 0.2) is 0 Å². The molecule has 0 aliphatic heterocycles. The summed E-state index contributed by atoms with van der Waals surface area (Å²) in [4.78, 5) is 0. The summed E-state index contributed by atoms with van der Waals surface area (Å²) in [5.41, 5.74) is 4.72. The molecule has 146 valence electrons. The molecule has 0 spiro atoms. The lowest BCUT2D eigenvalue weighted by Crippen LogP contribution is -2.21. The van der Waals surface area contributed by atoms with Crippen LogP contribution in [0, 0.1) is 0 Å². The molecule has 3 nitrogen and oxygen atoms in total. The van der Waals surface area contributed by atoms with Crippen molar-refractivity contribution in [1.29, 1.82) is 0 Å². The quantitative estimate of drug-likeness (QED) is 0.513. The molecular weight excluding hydrogens is 370 g/mol. The van der Waals surface area contributed by atoms with E-state index in [2.05, 4.69) is 42.6 Å². The van der Waals surface area contributed by atoms with Crippen molar-refractivity contribution in [2.75, 3.05) is 20.8 Å². The first-order chi connectivity index (χ1) is 13.6. The van der Waals surface area contributed by atoms with Gasteiger partial charge in [0.05, 0.1) is 19.2 Å². The Hall–Kier alpha value is -2.49. The van der Waals surface area contributed by atoms with E-state index in [4.69, 9.17) is 21.1 Å². The summed E-state index contributed by atoms with van der Waals surface area (Å²) < 4.78 is 10.8. The predicted octanol–water partition coefficient (Wildman–Crippen LogP) is 5.92. The smallest absolute Gasteiger partial charge is 0.137 e. The molecule has 0 amide bonds. The molecule has 3 rings (SSSR count). The number of nitrogens with one attached hydrogen (secondary N) is 1. The van der Waals surface area contributed by atoms with Gasteiger partial charge in [-0.05, 0) is 54.8 Å². The van der Waals surface area contributed by atoms with Gasteiger partial charge in [-0.25, -0.2) is 0 Å². The van der Waals surface area contributed by atoms with Gasteiger partial charge in [0, 0.05) is 11.6 Å². The minimum absolute atomic E-state index is 0.265. The van der Waals surface area contributed by atoms with Crippen LogP contribution in [0.3, 0.4) is 0 Å². The van der Waals surface area contributed by atoms with Crippen LogP contribution in [0.5, 0.6) is 11.5 Å². The van der Waals surface area contributed by atoms with Crippen molar-refractivity contribution in [3.8, 4) is 22.6 Å². The summed E-state index contributed by atoms with van der Waals surface area (Å²) >= 11 is 6.09. The van der Waals surface area contributed by atoms with Crippen LogP contribution in [-0.4, -0.2) is 20.8 Å². The maximum Gasteiger partial charge on any atom is 0.137 e. The lowest BCUT2D eigenvalue weighted by molar-refractivity contribution is 0.414. The van der Waals surface area contributed by atoms with Crippen LogP contribution in [-0.2, 0) is 6.42 Å². The average molecular weight is 396 g/mol. The summed E-state index contributed by atoms with van der Waals surface area (Å²) in [5.74, 6) is 1.61. The fourth-order valence-electron chi connectivity index (χ4n) is 3.25. The summed E-state index contributed by atoms with van der Waals surface area (Å²) in [5, 5.41) is 4.22. The van der Waals surface area contributed by atoms with E-state index in [9.17, 15) is 0 Å². The Morgan fingerprint density at radius 3 is 2.32 bits per heavy atom. The molecule has 0 aliphatic carbocycles. The second-order valence-corrected chi connectivity index (χ2v) is 7.12. The predicted molar refractivity (Wildman–Crippen MR) is 117 cm³/mol. The third-order valence-electron chi connectivity index (χ3n) is 4.91. The lowest BCUT2D eigenvalue weighted by Gasteiger charge is -2.16. The van der Waals surface area contributed by atoms with Gasteiger partial charge >= 0.3 is 0 Å². The highest BCUT2D eigenvalue weighted by Gasteiger charge is 2.08. The summed E-state index contributed by atoms with van der Waals surface area (Å²) in [6.45, 7) is 3.06. The van der Waals surface area contributed by atoms with Crippen molar-refractivity contribution in [3.05, 3.63) is 82.9 Å². The first-order valence-corrected chi connectivity index (χ1v) is 9.79. The van der Waals surface area contributed by atoms with Gasteiger partial charge in [-0.15, -0.1) is 0 Å². The maximum absolute atomic E-state index is 6.09. The van der Waals surface area contributed by atoms with E-state index in [1.54, 1.807) is 14.2 Å². The SMILES string of the molecule is COc1cc(CCNC(C)c2ccc(-c3ccccc3OC)cc2)ccc1Cl. The Morgan fingerprint density at radius 1 is 0.893 bits per heavy atom. The Kier molecular flexibility index (Phi) is 6.96. The van der Waals surface area contributed by atoms with Crippen molar-refractivity contribution in [2.45, 2.75) is 19.4 Å². The monoisotopic (exact) mass is 395 g/mol. The highest BCUT2D eigenvalue weighted by atomic mass is 35.5. The lowest BCUT2D eigenvalue weighted by atomic mass is 10.0. The molecule has 28 heavy (non-hydrogen) atoms. The van der Waals surface area contributed by atoms with Crippen molar-refractivity contribution < 1.29 is 9.47 Å². The van der Waals surface area contributed by atoms with Crippen LogP contribution >= 0.6 is 11.6 Å². The second-order valence-electron chi connectivity index (χ2n) is 6.72. The molecule has 0 aliphatic rings. The molecule has 0 aromatic heterocycles. The fourth-order valence-corrected chi connectivity index (χ4v) is 3.44. The molecule has 1 N–H and O–H groups in total. The maximum atomic E-state index is 6.09. The van der Waals surface area contributed by atoms with E-state index in [0.717, 1.165) is 35.6 Å². The van der Waals surface area contributed by atoms with Crippen molar-refractivity contribution >= 4 is 11.6 Å². The van der Waals surface area contributed by atoms with Crippen LogP contribution in [0.2, 0.25) is 5.02 Å². The zero-order valence-electron chi connectivity index (χ0n) is 16.5. The van der Waals surface area contributed by atoms with E-state index >= 15 is 0 Å². The molecule has 3 aromatic rings. The first-order valence-electron chi connectivity index (χ1n) is 9.41. The third kappa shape index (κ3) is 4.86. The molecule has 4 heteroatoms. The van der Waals surface area contributed by atoms with Gasteiger partial charge in [-0.1, -0.05) is 60.1 Å². The Labute approximate surface area is 172 Å². The zero-order chi connectivity index (χ0) is 19.9. The number of para-hydroxylation sites is 1. The van der Waals surface area contributed by atoms with Crippen molar-refractivity contribution in [3.63, 3.8) is 0 Å². The average Bonchev–Trinajstić information content (AvgIpc) is 2.75. The van der Waals surface area contributed by atoms with Crippen LogP contribution in [0.25, 0.3) is 11.1 Å². The van der Waals surface area contributed by atoms with Gasteiger partial charge in [0.1, 0.15) is 11.5 Å². The van der Waals surface area contributed by atoms with Gasteiger partial charge in [-0.3, -0.25) is 0 Å². The number of rotatable bonds is 8. The van der Waals surface area contributed by atoms with Crippen LogP contribution in [0.4, 0.5) is 0 Å². The van der Waals surface area contributed by atoms with Gasteiger partial charge in [0.25, 0.3) is 0 Å². The molecular formula is C24H26ClNO2. The van der Waals surface area contributed by atoms with Crippen LogP contribution in [0.1, 0.15) is 24.1 Å². The zero-order valence-corrected chi connectivity index (χ0v) is 17.3. The normalized spacial score (nSPS) is 11.9. The molecule has 0 fully saturated rings. The number of ether oxygens (including phenoxy) is 2. The second kappa shape index (κ2) is 9.63. The molecule has 0 saturated heterocycles. The number of methoxy groups -OCH3 is 2. The Bertz CT molecular complexity index is 909. The molecule has 0 radical (unpaired) electrons. The molecule has 0 bridgehead atoms. The summed E-state index contributed by atoms with van der Waals surface area (Å²) in [7, 11) is 3.34. The van der Waals surface area contributed by atoms with E-state index in [-0.39, 0.29) is 6.04 Å². The molecule has 0 heterocycles. The van der Waals surface area contributed by atoms with E-state index in [0.29, 0.717) is 5.02 Å². The van der Waals surface area contributed by atoms with Crippen LogP contribution < -0.4 is 14.8 Å². The summed E-state index contributed by atoms with van der Waals surface area (Å²) in [6, 6.07) is 22.9. The van der Waals surface area contributed by atoms with Gasteiger partial charge < -0.3 is 14.8 Å². The summed E-state index contributed by atoms with van der Waals surface area (Å²) in [6.07, 6.45) is 0.914. The minimum atomic E-state index is 0.265. The number of benzene rings is 3. The molecule has 3 aromatic carbocycles. The van der Waals surface area contributed by atoms with E-state index in [1.165, 1.54) is 11.1 Å².